The summed E-state index contributed by atoms with van der Waals surface area (Å²) in [7, 11) is 0. The summed E-state index contributed by atoms with van der Waals surface area (Å²) >= 11 is 0. The van der Waals surface area contributed by atoms with E-state index in [-0.39, 0.29) is 12.4 Å². The van der Waals surface area contributed by atoms with E-state index in [2.05, 4.69) is 23.6 Å². The van der Waals surface area contributed by atoms with Crippen LogP contribution < -0.4 is 4.74 Å². The first-order valence-corrected chi connectivity index (χ1v) is 8.15. The number of hydrogen-bond donors (Lipinski definition) is 1. The minimum Gasteiger partial charge on any atom is -0.491 e. The molecule has 4 nitrogen and oxygen atoms in total. The number of halogens is 1. The first-order valence-electron chi connectivity index (χ1n) is 8.15. The molecule has 1 saturated heterocycles. The quantitative estimate of drug-likeness (QED) is 0.796. The van der Waals surface area contributed by atoms with Crippen LogP contribution in [0.5, 0.6) is 5.75 Å². The number of likely N-dealkylation sites (N-methyl/N-ethyl adjacent to an activating group) is 1. The smallest absolute Gasteiger partial charge is 0.123 e. The average Bonchev–Trinajstić information content (AvgIpc) is 2.96. The van der Waals surface area contributed by atoms with Crippen molar-refractivity contribution in [3.63, 3.8) is 0 Å². The molecule has 1 aromatic carbocycles. The Morgan fingerprint density at radius 3 is 2.64 bits per heavy atom. The molecule has 0 aliphatic carbocycles. The molecular weight excluding hydrogens is 283 g/mol. The number of aliphatic hydroxyl groups excluding tert-OH is 1. The molecule has 124 valence electrons. The van der Waals surface area contributed by atoms with Crippen molar-refractivity contribution in [3.8, 4) is 5.75 Å². The monoisotopic (exact) mass is 310 g/mol. The van der Waals surface area contributed by atoms with E-state index in [1.807, 2.05) is 0 Å². The number of ether oxygens (including phenoxy) is 1. The lowest BCUT2D eigenvalue weighted by Crippen LogP contribution is -2.39. The molecule has 2 rings (SSSR count). The molecule has 0 spiro atoms. The lowest BCUT2D eigenvalue weighted by molar-refractivity contribution is 0.0729. The second-order valence-electron chi connectivity index (χ2n) is 5.84. The molecule has 0 bridgehead atoms. The highest BCUT2D eigenvalue weighted by molar-refractivity contribution is 5.22. The summed E-state index contributed by atoms with van der Waals surface area (Å²) in [6.45, 7) is 9.42. The minimum atomic E-state index is -0.527. The Bertz CT molecular complexity index is 437. The van der Waals surface area contributed by atoms with Crippen LogP contribution in [0, 0.1) is 5.82 Å². The van der Waals surface area contributed by atoms with Gasteiger partial charge in [-0.05, 0) is 50.3 Å². The van der Waals surface area contributed by atoms with Gasteiger partial charge in [0.05, 0.1) is 0 Å². The van der Waals surface area contributed by atoms with Gasteiger partial charge in [0.25, 0.3) is 0 Å². The summed E-state index contributed by atoms with van der Waals surface area (Å²) < 4.78 is 18.3. The van der Waals surface area contributed by atoms with E-state index in [4.69, 9.17) is 4.74 Å². The molecule has 1 aliphatic rings. The zero-order valence-electron chi connectivity index (χ0n) is 13.5. The Labute approximate surface area is 132 Å². The van der Waals surface area contributed by atoms with Crippen molar-refractivity contribution < 1.29 is 14.2 Å². The lowest BCUT2D eigenvalue weighted by atomic mass is 10.2. The predicted octanol–water partition coefficient (Wildman–Crippen LogP) is 1.98. The van der Waals surface area contributed by atoms with Crippen molar-refractivity contribution >= 4 is 0 Å². The number of nitrogens with zero attached hydrogens (tertiary/aromatic N) is 2. The molecular formula is C17H27FN2O2. The molecule has 1 N–H and O–H groups in total. The number of benzene rings is 1. The van der Waals surface area contributed by atoms with Gasteiger partial charge in [0.2, 0.25) is 0 Å². The van der Waals surface area contributed by atoms with E-state index >= 15 is 0 Å². The molecule has 0 radical (unpaired) electrons. The second kappa shape index (κ2) is 8.46. The molecule has 2 atom stereocenters. The van der Waals surface area contributed by atoms with Crippen molar-refractivity contribution in [3.05, 3.63) is 30.1 Å². The Kier molecular flexibility index (Phi) is 6.61. The highest BCUT2D eigenvalue weighted by atomic mass is 19.1. The van der Waals surface area contributed by atoms with E-state index in [9.17, 15) is 9.50 Å². The maximum Gasteiger partial charge on any atom is 0.123 e. The molecule has 0 amide bonds. The number of hydrogen-bond acceptors (Lipinski definition) is 4. The fourth-order valence-corrected chi connectivity index (χ4v) is 3.09. The van der Waals surface area contributed by atoms with E-state index in [1.54, 1.807) is 12.1 Å². The summed E-state index contributed by atoms with van der Waals surface area (Å²) in [5.74, 6) is 0.301. The maximum atomic E-state index is 12.8. The Morgan fingerprint density at radius 2 is 2.00 bits per heavy atom. The van der Waals surface area contributed by atoms with Gasteiger partial charge in [-0.25, -0.2) is 4.39 Å². The van der Waals surface area contributed by atoms with Crippen LogP contribution in [0.2, 0.25) is 0 Å². The zero-order chi connectivity index (χ0) is 15.9. The molecule has 22 heavy (non-hydrogen) atoms. The van der Waals surface area contributed by atoms with Crippen LogP contribution in [0.3, 0.4) is 0 Å². The Morgan fingerprint density at radius 1 is 1.32 bits per heavy atom. The zero-order valence-corrected chi connectivity index (χ0v) is 13.5. The Balaban J connectivity index is 1.71. The van der Waals surface area contributed by atoms with Gasteiger partial charge in [0.15, 0.2) is 0 Å². The van der Waals surface area contributed by atoms with Crippen molar-refractivity contribution in [1.29, 1.82) is 0 Å². The van der Waals surface area contributed by atoms with Crippen LogP contribution in [0.15, 0.2) is 24.3 Å². The normalized spacial score (nSPS) is 20.5. The van der Waals surface area contributed by atoms with Crippen molar-refractivity contribution in [1.82, 2.24) is 9.80 Å². The van der Waals surface area contributed by atoms with Crippen LogP contribution in [0.4, 0.5) is 4.39 Å². The molecule has 1 fully saturated rings. The van der Waals surface area contributed by atoms with Crippen molar-refractivity contribution in [2.45, 2.75) is 32.4 Å². The topological polar surface area (TPSA) is 35.9 Å². The second-order valence-corrected chi connectivity index (χ2v) is 5.84. The molecule has 1 aromatic rings. The van der Waals surface area contributed by atoms with E-state index in [0.29, 0.717) is 18.3 Å². The summed E-state index contributed by atoms with van der Waals surface area (Å²) in [4.78, 5) is 4.77. The van der Waals surface area contributed by atoms with E-state index in [0.717, 1.165) is 32.6 Å². The van der Waals surface area contributed by atoms with Gasteiger partial charge in [0, 0.05) is 19.1 Å². The van der Waals surface area contributed by atoms with Gasteiger partial charge < -0.3 is 9.84 Å². The van der Waals surface area contributed by atoms with Crippen molar-refractivity contribution in [2.24, 2.45) is 0 Å². The highest BCUT2D eigenvalue weighted by Gasteiger charge is 2.27. The Hall–Kier alpha value is -1.17. The highest BCUT2D eigenvalue weighted by Crippen LogP contribution is 2.16. The van der Waals surface area contributed by atoms with Gasteiger partial charge in [-0.15, -0.1) is 0 Å². The summed E-state index contributed by atoms with van der Waals surface area (Å²) in [6.07, 6.45) is 0.633. The lowest BCUT2D eigenvalue weighted by Gasteiger charge is -2.26. The third-order valence-corrected chi connectivity index (χ3v) is 4.30. The van der Waals surface area contributed by atoms with Gasteiger partial charge >= 0.3 is 0 Å². The fraction of sp³-hybridized carbons (Fsp3) is 0.647. The van der Waals surface area contributed by atoms with Crippen LogP contribution in [0.25, 0.3) is 0 Å². The SMILES string of the molecule is CCN(CC)C1CCN(CC(O)COc2ccc(F)cc2)C1. The van der Waals surface area contributed by atoms with Gasteiger partial charge in [-0.2, -0.15) is 0 Å². The first-order chi connectivity index (χ1) is 10.6. The first kappa shape index (κ1) is 17.2. The van der Waals surface area contributed by atoms with Gasteiger partial charge in [0.1, 0.15) is 24.3 Å². The molecule has 0 saturated carbocycles. The van der Waals surface area contributed by atoms with Gasteiger partial charge in [-0.1, -0.05) is 13.8 Å². The van der Waals surface area contributed by atoms with E-state index in [1.165, 1.54) is 12.1 Å². The largest absolute Gasteiger partial charge is 0.491 e. The summed E-state index contributed by atoms with van der Waals surface area (Å²) in [5, 5.41) is 10.1. The van der Waals surface area contributed by atoms with Crippen LogP contribution >= 0.6 is 0 Å². The summed E-state index contributed by atoms with van der Waals surface area (Å²) in [5.41, 5.74) is 0. The van der Waals surface area contributed by atoms with Crippen molar-refractivity contribution in [2.75, 3.05) is 39.3 Å². The third-order valence-electron chi connectivity index (χ3n) is 4.30. The standard InChI is InChI=1S/C17H27FN2O2/c1-3-20(4-2)15-9-10-19(11-15)12-16(21)13-22-17-7-5-14(18)6-8-17/h5-8,15-16,21H,3-4,9-13H2,1-2H3. The number of β-amino-alcohol motifs (C(OH)–C–C–N with tert-alkyl or cyclic N) is 1. The van der Waals surface area contributed by atoms with E-state index < -0.39 is 6.10 Å². The number of likely N-dealkylation sites (tertiary alicyclic amines) is 1. The maximum absolute atomic E-state index is 12.8. The molecule has 0 aromatic heterocycles. The molecule has 5 heteroatoms. The number of rotatable bonds is 8. The van der Waals surface area contributed by atoms with Crippen LogP contribution in [-0.2, 0) is 0 Å². The minimum absolute atomic E-state index is 0.234. The summed E-state index contributed by atoms with van der Waals surface area (Å²) in [6, 6.07) is 6.47. The third kappa shape index (κ3) is 4.93. The van der Waals surface area contributed by atoms with Crippen LogP contribution in [0.1, 0.15) is 20.3 Å². The molecule has 1 heterocycles. The molecule has 2 unspecified atom stereocenters. The van der Waals surface area contributed by atoms with Crippen LogP contribution in [-0.4, -0.2) is 66.4 Å². The average molecular weight is 310 g/mol. The number of aliphatic hydroxyl groups is 1. The predicted molar refractivity (Wildman–Crippen MR) is 85.7 cm³/mol. The fourth-order valence-electron chi connectivity index (χ4n) is 3.09. The molecule has 1 aliphatic heterocycles. The van der Waals surface area contributed by atoms with Gasteiger partial charge in [-0.3, -0.25) is 9.80 Å².